The summed E-state index contributed by atoms with van der Waals surface area (Å²) in [6.07, 6.45) is 0. The molecule has 0 aliphatic rings. The van der Waals surface area contributed by atoms with Gasteiger partial charge in [-0.3, -0.25) is 0 Å². The van der Waals surface area contributed by atoms with Crippen LogP contribution in [0.2, 0.25) is 0 Å². The van der Waals surface area contributed by atoms with E-state index >= 15 is 0 Å². The average molecular weight is 367 g/mol. The number of aromatic carboxylic acids is 1. The Hall–Kier alpha value is -3.74. The monoisotopic (exact) mass is 367 g/mol. The maximum Gasteiger partial charge on any atom is 0.339 e. The summed E-state index contributed by atoms with van der Waals surface area (Å²) in [5.74, 6) is -1.36. The van der Waals surface area contributed by atoms with E-state index in [1.165, 1.54) is 20.3 Å². The molecule has 0 aliphatic heterocycles. The molecule has 0 unspecified atom stereocenters. The van der Waals surface area contributed by atoms with Crippen LogP contribution in [-0.4, -0.2) is 40.5 Å². The maximum atomic E-state index is 11.2. The first-order valence-corrected chi connectivity index (χ1v) is 7.88. The Bertz CT molecular complexity index is 1050. The Kier molecular flexibility index (Phi) is 4.60. The number of nitrogens with zero attached hydrogens (tertiary/aromatic N) is 1. The summed E-state index contributed by atoms with van der Waals surface area (Å²) in [7, 11) is 2.83. The zero-order valence-electron chi connectivity index (χ0n) is 14.7. The van der Waals surface area contributed by atoms with E-state index < -0.39 is 11.7 Å². The zero-order chi connectivity index (χ0) is 19.7. The van der Waals surface area contributed by atoms with Gasteiger partial charge < -0.3 is 24.8 Å². The summed E-state index contributed by atoms with van der Waals surface area (Å²) in [5, 5.41) is 30.1. The number of fused-ring (bicyclic) bond motifs is 1. The standard InChI is InChI=1S/C20H17NO6/c1-10(12-8-15(26-2)19(23)16(9-12)27-3)14-7-5-11-4-6-13(20(24)25)18(22)17(11)21-14/h4-9,22-23H,1H2,2-3H3,(H,24,25). The third-order valence-electron chi connectivity index (χ3n) is 4.20. The van der Waals surface area contributed by atoms with Crippen LogP contribution in [-0.2, 0) is 0 Å². The molecule has 3 rings (SSSR count). The number of ether oxygens (including phenoxy) is 2. The fraction of sp³-hybridized carbons (Fsp3) is 0.100. The van der Waals surface area contributed by atoms with Gasteiger partial charge in [0.1, 0.15) is 11.1 Å². The Morgan fingerprint density at radius 1 is 1.00 bits per heavy atom. The van der Waals surface area contributed by atoms with Crippen LogP contribution >= 0.6 is 0 Å². The molecule has 0 fully saturated rings. The third-order valence-corrected chi connectivity index (χ3v) is 4.20. The molecule has 1 aromatic heterocycles. The summed E-state index contributed by atoms with van der Waals surface area (Å²) in [4.78, 5) is 15.6. The van der Waals surface area contributed by atoms with Crippen molar-refractivity contribution in [2.45, 2.75) is 0 Å². The first-order valence-electron chi connectivity index (χ1n) is 7.88. The van der Waals surface area contributed by atoms with E-state index in [1.54, 1.807) is 30.3 Å². The topological polar surface area (TPSA) is 109 Å². The average Bonchev–Trinajstić information content (AvgIpc) is 2.67. The molecule has 2 aromatic carbocycles. The Morgan fingerprint density at radius 3 is 2.15 bits per heavy atom. The van der Waals surface area contributed by atoms with Crippen LogP contribution in [0.25, 0.3) is 16.5 Å². The lowest BCUT2D eigenvalue weighted by atomic mass is 10.0. The number of rotatable bonds is 5. The maximum absolute atomic E-state index is 11.2. The van der Waals surface area contributed by atoms with Crippen LogP contribution < -0.4 is 9.47 Å². The van der Waals surface area contributed by atoms with Crippen LogP contribution in [0, 0.1) is 0 Å². The summed E-state index contributed by atoms with van der Waals surface area (Å²) in [5.41, 5.74) is 1.42. The number of methoxy groups -OCH3 is 2. The van der Waals surface area contributed by atoms with Crippen molar-refractivity contribution in [1.82, 2.24) is 4.98 Å². The molecule has 0 aliphatic carbocycles. The van der Waals surface area contributed by atoms with Gasteiger partial charge in [0, 0.05) is 11.0 Å². The number of hydrogen-bond acceptors (Lipinski definition) is 6. The van der Waals surface area contributed by atoms with Gasteiger partial charge in [0.2, 0.25) is 5.75 Å². The molecule has 0 spiro atoms. The van der Waals surface area contributed by atoms with E-state index in [2.05, 4.69) is 11.6 Å². The van der Waals surface area contributed by atoms with Crippen molar-refractivity contribution in [1.29, 1.82) is 0 Å². The zero-order valence-corrected chi connectivity index (χ0v) is 14.7. The van der Waals surface area contributed by atoms with Crippen molar-refractivity contribution >= 4 is 22.4 Å². The highest BCUT2D eigenvalue weighted by Gasteiger charge is 2.17. The highest BCUT2D eigenvalue weighted by molar-refractivity contribution is 5.99. The minimum absolute atomic E-state index is 0.133. The summed E-state index contributed by atoms with van der Waals surface area (Å²) in [6.45, 7) is 4.02. The van der Waals surface area contributed by atoms with E-state index in [-0.39, 0.29) is 28.3 Å². The number of phenols is 2. The van der Waals surface area contributed by atoms with Gasteiger partial charge in [0.25, 0.3) is 0 Å². The van der Waals surface area contributed by atoms with Crippen LogP contribution in [0.5, 0.6) is 23.0 Å². The van der Waals surface area contributed by atoms with Crippen molar-refractivity contribution in [2.24, 2.45) is 0 Å². The molecule has 0 atom stereocenters. The Morgan fingerprint density at radius 2 is 1.59 bits per heavy atom. The second-order valence-electron chi connectivity index (χ2n) is 5.74. The van der Waals surface area contributed by atoms with Gasteiger partial charge in [-0.1, -0.05) is 18.7 Å². The van der Waals surface area contributed by atoms with E-state index in [0.29, 0.717) is 22.2 Å². The fourth-order valence-electron chi connectivity index (χ4n) is 2.73. The van der Waals surface area contributed by atoms with Gasteiger partial charge in [0.05, 0.1) is 19.9 Å². The summed E-state index contributed by atoms with van der Waals surface area (Å²) < 4.78 is 10.3. The van der Waals surface area contributed by atoms with Crippen molar-refractivity contribution in [2.75, 3.05) is 14.2 Å². The molecule has 3 aromatic rings. The van der Waals surface area contributed by atoms with Gasteiger partial charge >= 0.3 is 5.97 Å². The molecule has 0 radical (unpaired) electrons. The second-order valence-corrected chi connectivity index (χ2v) is 5.74. The predicted molar refractivity (Wildman–Crippen MR) is 99.7 cm³/mol. The SMILES string of the molecule is C=C(c1cc(OC)c(O)c(OC)c1)c1ccc2ccc(C(=O)O)c(O)c2n1. The number of carbonyl (C=O) groups is 1. The molecule has 7 heteroatoms. The quantitative estimate of drug-likeness (QED) is 0.634. The number of benzene rings is 2. The van der Waals surface area contributed by atoms with Crippen LogP contribution in [0.4, 0.5) is 0 Å². The first kappa shape index (κ1) is 18.1. The molecule has 27 heavy (non-hydrogen) atoms. The molecule has 0 saturated carbocycles. The number of carboxylic acids is 1. The highest BCUT2D eigenvalue weighted by atomic mass is 16.5. The molecular weight excluding hydrogens is 350 g/mol. The molecular formula is C20H17NO6. The largest absolute Gasteiger partial charge is 0.505 e. The van der Waals surface area contributed by atoms with Crippen molar-refractivity contribution in [3.8, 4) is 23.0 Å². The minimum atomic E-state index is -1.24. The molecule has 3 N–H and O–H groups in total. The number of hydrogen-bond donors (Lipinski definition) is 3. The number of aromatic nitrogens is 1. The summed E-state index contributed by atoms with van der Waals surface area (Å²) in [6, 6.07) is 9.48. The highest BCUT2D eigenvalue weighted by Crippen LogP contribution is 2.40. The van der Waals surface area contributed by atoms with Gasteiger partial charge in [-0.05, 0) is 29.8 Å². The molecule has 7 nitrogen and oxygen atoms in total. The summed E-state index contributed by atoms with van der Waals surface area (Å²) >= 11 is 0. The van der Waals surface area contributed by atoms with Crippen LogP contribution in [0.1, 0.15) is 21.6 Å². The van der Waals surface area contributed by atoms with Crippen molar-refractivity contribution in [3.63, 3.8) is 0 Å². The van der Waals surface area contributed by atoms with Gasteiger partial charge in [-0.25, -0.2) is 9.78 Å². The molecule has 0 bridgehead atoms. The van der Waals surface area contributed by atoms with E-state index in [0.717, 1.165) is 0 Å². The second kappa shape index (κ2) is 6.87. The minimum Gasteiger partial charge on any atom is -0.505 e. The molecule has 0 amide bonds. The first-order chi connectivity index (χ1) is 12.9. The predicted octanol–water partition coefficient (Wildman–Crippen LogP) is 3.42. The van der Waals surface area contributed by atoms with Crippen molar-refractivity contribution < 1.29 is 29.6 Å². The number of aromatic hydroxyl groups is 2. The lowest BCUT2D eigenvalue weighted by molar-refractivity contribution is 0.0694. The number of pyridine rings is 1. The molecule has 138 valence electrons. The molecule has 0 saturated heterocycles. The fourth-order valence-corrected chi connectivity index (χ4v) is 2.73. The van der Waals surface area contributed by atoms with Crippen molar-refractivity contribution in [3.05, 3.63) is 59.8 Å². The lowest BCUT2D eigenvalue weighted by Crippen LogP contribution is -1.99. The van der Waals surface area contributed by atoms with E-state index in [1.807, 2.05) is 0 Å². The molecule has 1 heterocycles. The van der Waals surface area contributed by atoms with Gasteiger partial charge in [-0.2, -0.15) is 0 Å². The van der Waals surface area contributed by atoms with E-state index in [9.17, 15) is 15.0 Å². The normalized spacial score (nSPS) is 10.6. The number of carboxylic acid groups (broad SMARTS) is 1. The van der Waals surface area contributed by atoms with Crippen LogP contribution in [0.3, 0.4) is 0 Å². The Labute approximate surface area is 154 Å². The Balaban J connectivity index is 2.13. The third kappa shape index (κ3) is 3.10. The van der Waals surface area contributed by atoms with Gasteiger partial charge in [-0.15, -0.1) is 0 Å². The number of phenolic OH excluding ortho intramolecular Hbond substituents is 1. The lowest BCUT2D eigenvalue weighted by Gasteiger charge is -2.13. The van der Waals surface area contributed by atoms with Gasteiger partial charge in [0.15, 0.2) is 17.2 Å². The van der Waals surface area contributed by atoms with E-state index in [4.69, 9.17) is 14.6 Å². The smallest absolute Gasteiger partial charge is 0.339 e. The van der Waals surface area contributed by atoms with Crippen LogP contribution in [0.15, 0.2) is 43.0 Å².